The maximum Gasteiger partial charge on any atom is 0.101 e. The van der Waals surface area contributed by atoms with Crippen molar-refractivity contribution in [1.29, 1.82) is 5.26 Å². The van der Waals surface area contributed by atoms with E-state index in [0.29, 0.717) is 11.7 Å². The van der Waals surface area contributed by atoms with Crippen molar-refractivity contribution in [3.63, 3.8) is 0 Å². The van der Waals surface area contributed by atoms with Crippen LogP contribution in [0.4, 0.5) is 5.69 Å². The molecule has 0 amide bonds. The van der Waals surface area contributed by atoms with E-state index in [1.165, 1.54) is 12.8 Å². The Morgan fingerprint density at radius 2 is 2.33 bits per heavy atom. The normalized spacial score (nSPS) is 19.2. The van der Waals surface area contributed by atoms with Crippen LogP contribution in [0.1, 0.15) is 31.2 Å². The van der Waals surface area contributed by atoms with E-state index in [9.17, 15) is 0 Å². The van der Waals surface area contributed by atoms with Crippen molar-refractivity contribution in [3.05, 3.63) is 28.2 Å². The molecular weight excluding hydrogens is 292 g/mol. The van der Waals surface area contributed by atoms with Gasteiger partial charge in [0, 0.05) is 17.6 Å². The van der Waals surface area contributed by atoms with Gasteiger partial charge in [0.1, 0.15) is 6.07 Å². The highest BCUT2D eigenvalue weighted by Gasteiger charge is 2.13. The molecule has 0 bridgehead atoms. The number of hydrogen-bond acceptors (Lipinski definition) is 3. The molecule has 1 aromatic carbocycles. The summed E-state index contributed by atoms with van der Waals surface area (Å²) in [5, 5.41) is 12.4. The topological polar surface area (TPSA) is 45.0 Å². The van der Waals surface area contributed by atoms with E-state index in [0.717, 1.165) is 36.2 Å². The summed E-state index contributed by atoms with van der Waals surface area (Å²) in [4.78, 5) is 0. The van der Waals surface area contributed by atoms with Crippen LogP contribution in [-0.2, 0) is 4.74 Å². The first-order chi connectivity index (χ1) is 8.79. The second kappa shape index (κ2) is 6.77. The quantitative estimate of drug-likeness (QED) is 0.922. The molecule has 3 nitrogen and oxygen atoms in total. The zero-order valence-corrected chi connectivity index (χ0v) is 11.9. The van der Waals surface area contributed by atoms with E-state index in [-0.39, 0.29) is 0 Å². The number of nitriles is 1. The summed E-state index contributed by atoms with van der Waals surface area (Å²) in [6.45, 7) is 1.74. The van der Waals surface area contributed by atoms with Crippen LogP contribution in [-0.4, -0.2) is 19.3 Å². The fraction of sp³-hybridized carbons (Fsp3) is 0.500. The molecule has 0 aliphatic carbocycles. The first-order valence-corrected chi connectivity index (χ1v) is 7.14. The minimum atomic E-state index is 0.382. The molecule has 1 N–H and O–H groups in total. The number of ether oxygens (including phenoxy) is 1. The molecule has 0 radical (unpaired) electrons. The monoisotopic (exact) mass is 308 g/mol. The van der Waals surface area contributed by atoms with Gasteiger partial charge in [-0.05, 0) is 43.9 Å². The van der Waals surface area contributed by atoms with Crippen LogP contribution in [0.15, 0.2) is 22.7 Å². The summed E-state index contributed by atoms with van der Waals surface area (Å²) >= 11 is 3.37. The van der Waals surface area contributed by atoms with E-state index in [4.69, 9.17) is 10.00 Å². The molecule has 1 aliphatic rings. The number of rotatable bonds is 4. The highest BCUT2D eigenvalue weighted by atomic mass is 79.9. The Kier molecular flexibility index (Phi) is 5.03. The summed E-state index contributed by atoms with van der Waals surface area (Å²) in [6.07, 6.45) is 5.00. The average Bonchev–Trinajstić information content (AvgIpc) is 2.41. The number of nitrogens with zero attached hydrogens (tertiary/aromatic N) is 1. The van der Waals surface area contributed by atoms with Gasteiger partial charge in [-0.2, -0.15) is 5.26 Å². The van der Waals surface area contributed by atoms with E-state index >= 15 is 0 Å². The number of anilines is 1. The molecule has 1 heterocycles. The summed E-state index contributed by atoms with van der Waals surface area (Å²) in [7, 11) is 0. The first-order valence-electron chi connectivity index (χ1n) is 6.35. The molecular formula is C14H17BrN2O. The van der Waals surface area contributed by atoms with Gasteiger partial charge in [0.15, 0.2) is 0 Å². The molecule has 18 heavy (non-hydrogen) atoms. The highest BCUT2D eigenvalue weighted by Crippen LogP contribution is 2.21. The van der Waals surface area contributed by atoms with Gasteiger partial charge in [0.05, 0.1) is 17.4 Å². The van der Waals surface area contributed by atoms with Crippen molar-refractivity contribution in [2.24, 2.45) is 0 Å². The third-order valence-corrected chi connectivity index (χ3v) is 3.65. The number of halogens is 1. The summed E-state index contributed by atoms with van der Waals surface area (Å²) in [5.74, 6) is 0. The van der Waals surface area contributed by atoms with Crippen LogP contribution in [0.25, 0.3) is 0 Å². The Morgan fingerprint density at radius 3 is 3.06 bits per heavy atom. The van der Waals surface area contributed by atoms with Gasteiger partial charge in [-0.1, -0.05) is 15.9 Å². The lowest BCUT2D eigenvalue weighted by atomic mass is 10.1. The van der Waals surface area contributed by atoms with E-state index in [2.05, 4.69) is 27.3 Å². The van der Waals surface area contributed by atoms with Crippen LogP contribution in [0.2, 0.25) is 0 Å². The SMILES string of the molecule is N#Cc1cc(Br)ccc1NCCC1CCCCO1. The third-order valence-electron chi connectivity index (χ3n) is 3.16. The van der Waals surface area contributed by atoms with Crippen LogP contribution >= 0.6 is 15.9 Å². The molecule has 1 aliphatic heterocycles. The van der Waals surface area contributed by atoms with Gasteiger partial charge in [-0.25, -0.2) is 0 Å². The average molecular weight is 309 g/mol. The second-order valence-corrected chi connectivity index (χ2v) is 5.42. The van der Waals surface area contributed by atoms with Crippen molar-refractivity contribution in [1.82, 2.24) is 0 Å². The van der Waals surface area contributed by atoms with Crippen LogP contribution in [0.3, 0.4) is 0 Å². The van der Waals surface area contributed by atoms with Crippen molar-refractivity contribution in [2.75, 3.05) is 18.5 Å². The fourth-order valence-corrected chi connectivity index (χ4v) is 2.53. The predicted octanol–water partition coefficient (Wildman–Crippen LogP) is 3.69. The molecule has 1 saturated heterocycles. The fourth-order valence-electron chi connectivity index (χ4n) is 2.17. The zero-order chi connectivity index (χ0) is 12.8. The molecule has 0 aromatic heterocycles. The van der Waals surface area contributed by atoms with Crippen molar-refractivity contribution in [3.8, 4) is 6.07 Å². The molecule has 96 valence electrons. The smallest absolute Gasteiger partial charge is 0.101 e. The molecule has 1 unspecified atom stereocenters. The van der Waals surface area contributed by atoms with Gasteiger partial charge in [0.25, 0.3) is 0 Å². The van der Waals surface area contributed by atoms with Gasteiger partial charge in [-0.15, -0.1) is 0 Å². The zero-order valence-electron chi connectivity index (χ0n) is 10.3. The molecule has 0 saturated carbocycles. The summed E-state index contributed by atoms with van der Waals surface area (Å²) in [6, 6.07) is 7.91. The lowest BCUT2D eigenvalue weighted by molar-refractivity contribution is 0.0134. The Morgan fingerprint density at radius 1 is 1.44 bits per heavy atom. The van der Waals surface area contributed by atoms with E-state index < -0.39 is 0 Å². The minimum absolute atomic E-state index is 0.382. The summed E-state index contributed by atoms with van der Waals surface area (Å²) in [5.41, 5.74) is 1.57. The lowest BCUT2D eigenvalue weighted by Crippen LogP contribution is -2.22. The number of nitrogens with one attached hydrogen (secondary N) is 1. The molecule has 1 fully saturated rings. The predicted molar refractivity (Wildman–Crippen MR) is 75.6 cm³/mol. The van der Waals surface area contributed by atoms with Crippen LogP contribution in [0, 0.1) is 11.3 Å². The third kappa shape index (κ3) is 3.72. The largest absolute Gasteiger partial charge is 0.384 e. The highest BCUT2D eigenvalue weighted by molar-refractivity contribution is 9.10. The summed E-state index contributed by atoms with van der Waals surface area (Å²) < 4.78 is 6.61. The number of benzene rings is 1. The Balaban J connectivity index is 1.84. The van der Waals surface area contributed by atoms with E-state index in [1.807, 2.05) is 18.2 Å². The van der Waals surface area contributed by atoms with Gasteiger partial charge in [-0.3, -0.25) is 0 Å². The molecule has 1 atom stereocenters. The minimum Gasteiger partial charge on any atom is -0.384 e. The Bertz CT molecular complexity index is 436. The first kappa shape index (κ1) is 13.4. The molecule has 0 spiro atoms. The lowest BCUT2D eigenvalue weighted by Gasteiger charge is -2.22. The molecule has 1 aromatic rings. The molecule has 2 rings (SSSR count). The standard InChI is InChI=1S/C14H17BrN2O/c15-12-4-5-14(11(9-12)10-16)17-7-6-13-3-1-2-8-18-13/h4-5,9,13,17H,1-3,6-8H2. The Labute approximate surface area is 116 Å². The van der Waals surface area contributed by atoms with Gasteiger partial charge in [0.2, 0.25) is 0 Å². The van der Waals surface area contributed by atoms with Crippen molar-refractivity contribution >= 4 is 21.6 Å². The second-order valence-electron chi connectivity index (χ2n) is 4.51. The van der Waals surface area contributed by atoms with Gasteiger partial charge < -0.3 is 10.1 Å². The van der Waals surface area contributed by atoms with E-state index in [1.54, 1.807) is 0 Å². The van der Waals surface area contributed by atoms with Crippen molar-refractivity contribution < 1.29 is 4.74 Å². The Hall–Kier alpha value is -1.05. The van der Waals surface area contributed by atoms with Crippen LogP contribution < -0.4 is 5.32 Å². The van der Waals surface area contributed by atoms with Crippen LogP contribution in [0.5, 0.6) is 0 Å². The van der Waals surface area contributed by atoms with Gasteiger partial charge >= 0.3 is 0 Å². The maximum atomic E-state index is 9.06. The number of hydrogen-bond donors (Lipinski definition) is 1. The maximum absolute atomic E-state index is 9.06. The van der Waals surface area contributed by atoms with Crippen molar-refractivity contribution in [2.45, 2.75) is 31.8 Å². The molecule has 4 heteroatoms.